The number of aromatic nitrogens is 1. The molecule has 1 aromatic carbocycles. The molecule has 1 aromatic heterocycles. The van der Waals surface area contributed by atoms with Crippen LogP contribution in [0.3, 0.4) is 0 Å². The predicted octanol–water partition coefficient (Wildman–Crippen LogP) is 4.24. The highest BCUT2D eigenvalue weighted by Gasteiger charge is 2.24. The van der Waals surface area contributed by atoms with E-state index in [2.05, 4.69) is 21.1 Å². The van der Waals surface area contributed by atoms with Gasteiger partial charge in [0.15, 0.2) is 0 Å². The van der Waals surface area contributed by atoms with Crippen LogP contribution >= 0.6 is 27.5 Å². The van der Waals surface area contributed by atoms with Gasteiger partial charge in [-0.15, -0.1) is 0 Å². The first-order valence-corrected chi connectivity index (χ1v) is 6.80. The first-order valence-electron chi connectivity index (χ1n) is 5.63. The molecule has 0 N–H and O–H groups in total. The van der Waals surface area contributed by atoms with E-state index in [4.69, 9.17) is 20.9 Å². The van der Waals surface area contributed by atoms with Gasteiger partial charge in [0.2, 0.25) is 0 Å². The standard InChI is InChI=1S/C13H11BrClNO3/c1-3-18-13(17)11-7(2)19-16-12(11)9-5-4-8(14)6-10(9)15/h4-6H,3H2,1-2H3. The number of halogens is 2. The van der Waals surface area contributed by atoms with Crippen molar-refractivity contribution in [3.05, 3.63) is 39.0 Å². The fourth-order valence-electron chi connectivity index (χ4n) is 1.68. The molecule has 2 rings (SSSR count). The second-order valence-electron chi connectivity index (χ2n) is 3.81. The summed E-state index contributed by atoms with van der Waals surface area (Å²) in [6, 6.07) is 5.32. The lowest BCUT2D eigenvalue weighted by Crippen LogP contribution is -2.06. The Morgan fingerprint density at radius 2 is 2.26 bits per heavy atom. The third-order valence-electron chi connectivity index (χ3n) is 2.53. The lowest BCUT2D eigenvalue weighted by Gasteiger charge is -2.04. The van der Waals surface area contributed by atoms with Gasteiger partial charge in [-0.3, -0.25) is 0 Å². The lowest BCUT2D eigenvalue weighted by molar-refractivity contribution is 0.0525. The van der Waals surface area contributed by atoms with E-state index in [0.29, 0.717) is 27.6 Å². The van der Waals surface area contributed by atoms with Gasteiger partial charge in [-0.25, -0.2) is 4.79 Å². The minimum atomic E-state index is -0.463. The highest BCUT2D eigenvalue weighted by atomic mass is 79.9. The van der Waals surface area contributed by atoms with Gasteiger partial charge in [-0.1, -0.05) is 38.8 Å². The SMILES string of the molecule is CCOC(=O)c1c(-c2ccc(Br)cc2Cl)noc1C. The minimum absolute atomic E-state index is 0.289. The molecule has 1 heterocycles. The Hall–Kier alpha value is -1.33. The Balaban J connectivity index is 2.54. The lowest BCUT2D eigenvalue weighted by atomic mass is 10.1. The molecular weight excluding hydrogens is 334 g/mol. The molecule has 6 heteroatoms. The van der Waals surface area contributed by atoms with Crippen LogP contribution in [0, 0.1) is 6.92 Å². The van der Waals surface area contributed by atoms with Crippen molar-refractivity contribution in [2.45, 2.75) is 13.8 Å². The summed E-state index contributed by atoms with van der Waals surface area (Å²) >= 11 is 9.49. The number of hydrogen-bond acceptors (Lipinski definition) is 4. The van der Waals surface area contributed by atoms with Crippen LogP contribution < -0.4 is 0 Å². The largest absolute Gasteiger partial charge is 0.462 e. The molecule has 0 atom stereocenters. The van der Waals surface area contributed by atoms with Gasteiger partial charge in [-0.2, -0.15) is 0 Å². The molecule has 0 bridgehead atoms. The van der Waals surface area contributed by atoms with Gasteiger partial charge in [0, 0.05) is 10.0 Å². The third kappa shape index (κ3) is 2.82. The molecule has 19 heavy (non-hydrogen) atoms. The van der Waals surface area contributed by atoms with Gasteiger partial charge in [0.05, 0.1) is 11.6 Å². The molecule has 2 aromatic rings. The normalized spacial score (nSPS) is 10.5. The van der Waals surface area contributed by atoms with Crippen LogP contribution in [0.4, 0.5) is 0 Å². The summed E-state index contributed by atoms with van der Waals surface area (Å²) in [5.74, 6) is -0.0531. The van der Waals surface area contributed by atoms with Crippen LogP contribution in [-0.2, 0) is 4.74 Å². The van der Waals surface area contributed by atoms with E-state index in [1.54, 1.807) is 26.0 Å². The Morgan fingerprint density at radius 1 is 1.53 bits per heavy atom. The maximum Gasteiger partial charge on any atom is 0.344 e. The Labute approximate surface area is 123 Å². The number of rotatable bonds is 3. The van der Waals surface area contributed by atoms with E-state index in [0.717, 1.165) is 4.47 Å². The molecule has 0 fully saturated rings. The molecule has 0 saturated carbocycles. The molecular formula is C13H11BrClNO3. The zero-order valence-corrected chi connectivity index (χ0v) is 12.7. The number of aryl methyl sites for hydroxylation is 1. The average molecular weight is 345 g/mol. The predicted molar refractivity (Wildman–Crippen MR) is 75.3 cm³/mol. The molecule has 0 saturated heterocycles. The summed E-state index contributed by atoms with van der Waals surface area (Å²) < 4.78 is 10.9. The Bertz CT molecular complexity index is 624. The highest BCUT2D eigenvalue weighted by Crippen LogP contribution is 2.33. The zero-order valence-electron chi connectivity index (χ0n) is 10.4. The maximum atomic E-state index is 11.9. The monoisotopic (exact) mass is 343 g/mol. The van der Waals surface area contributed by atoms with Crippen LogP contribution in [0.25, 0.3) is 11.3 Å². The molecule has 0 unspecified atom stereocenters. The summed E-state index contributed by atoms with van der Waals surface area (Å²) in [5, 5.41) is 4.38. The molecule has 0 amide bonds. The smallest absolute Gasteiger partial charge is 0.344 e. The number of esters is 1. The third-order valence-corrected chi connectivity index (χ3v) is 3.33. The van der Waals surface area contributed by atoms with E-state index in [-0.39, 0.29) is 6.61 Å². The minimum Gasteiger partial charge on any atom is -0.462 e. The van der Waals surface area contributed by atoms with Crippen molar-refractivity contribution in [2.24, 2.45) is 0 Å². The number of nitrogens with zero attached hydrogens (tertiary/aromatic N) is 1. The fourth-order valence-corrected chi connectivity index (χ4v) is 2.44. The van der Waals surface area contributed by atoms with E-state index in [1.165, 1.54) is 0 Å². The molecule has 0 aliphatic carbocycles. The number of carbonyl (C=O) groups excluding carboxylic acids is 1. The highest BCUT2D eigenvalue weighted by molar-refractivity contribution is 9.10. The molecule has 0 radical (unpaired) electrons. The topological polar surface area (TPSA) is 52.3 Å². The van der Waals surface area contributed by atoms with Crippen LogP contribution in [0.2, 0.25) is 5.02 Å². The van der Waals surface area contributed by atoms with Crippen LogP contribution in [0.1, 0.15) is 23.0 Å². The number of carbonyl (C=O) groups is 1. The van der Waals surface area contributed by atoms with Crippen LogP contribution in [0.5, 0.6) is 0 Å². The second kappa shape index (κ2) is 5.75. The van der Waals surface area contributed by atoms with Crippen molar-refractivity contribution in [1.82, 2.24) is 5.16 Å². The second-order valence-corrected chi connectivity index (χ2v) is 5.13. The van der Waals surface area contributed by atoms with Crippen molar-refractivity contribution in [2.75, 3.05) is 6.61 Å². The Morgan fingerprint density at radius 3 is 2.89 bits per heavy atom. The van der Waals surface area contributed by atoms with Crippen molar-refractivity contribution in [1.29, 1.82) is 0 Å². The molecule has 0 aliphatic rings. The van der Waals surface area contributed by atoms with Crippen molar-refractivity contribution < 1.29 is 14.1 Å². The molecule has 0 spiro atoms. The molecule has 100 valence electrons. The first kappa shape index (κ1) is 14.1. The Kier molecular flexibility index (Phi) is 4.27. The molecule has 0 aliphatic heterocycles. The summed E-state index contributed by atoms with van der Waals surface area (Å²) in [6.07, 6.45) is 0. The van der Waals surface area contributed by atoms with Gasteiger partial charge < -0.3 is 9.26 Å². The first-order chi connectivity index (χ1) is 9.04. The van der Waals surface area contributed by atoms with Crippen molar-refractivity contribution in [3.8, 4) is 11.3 Å². The van der Waals surface area contributed by atoms with E-state index in [1.807, 2.05) is 6.07 Å². The van der Waals surface area contributed by atoms with Gasteiger partial charge in [-0.05, 0) is 26.0 Å². The summed E-state index contributed by atoms with van der Waals surface area (Å²) in [6.45, 7) is 3.69. The van der Waals surface area contributed by atoms with Crippen LogP contribution in [-0.4, -0.2) is 17.7 Å². The van der Waals surface area contributed by atoms with E-state index in [9.17, 15) is 4.79 Å². The van der Waals surface area contributed by atoms with Crippen molar-refractivity contribution in [3.63, 3.8) is 0 Å². The fraction of sp³-hybridized carbons (Fsp3) is 0.231. The average Bonchev–Trinajstić information content (AvgIpc) is 2.71. The van der Waals surface area contributed by atoms with Crippen LogP contribution in [0.15, 0.2) is 27.2 Å². The summed E-state index contributed by atoms with van der Waals surface area (Å²) in [7, 11) is 0. The van der Waals surface area contributed by atoms with E-state index < -0.39 is 5.97 Å². The number of ether oxygens (including phenoxy) is 1. The van der Waals surface area contributed by atoms with E-state index >= 15 is 0 Å². The zero-order chi connectivity index (χ0) is 14.0. The molecule has 4 nitrogen and oxygen atoms in total. The quantitative estimate of drug-likeness (QED) is 0.781. The van der Waals surface area contributed by atoms with Crippen molar-refractivity contribution >= 4 is 33.5 Å². The summed E-state index contributed by atoms with van der Waals surface area (Å²) in [4.78, 5) is 11.9. The van der Waals surface area contributed by atoms with Gasteiger partial charge >= 0.3 is 5.97 Å². The number of benzene rings is 1. The summed E-state index contributed by atoms with van der Waals surface area (Å²) in [5.41, 5.74) is 1.34. The number of hydrogen-bond donors (Lipinski definition) is 0. The van der Waals surface area contributed by atoms with Gasteiger partial charge in [0.1, 0.15) is 17.0 Å². The van der Waals surface area contributed by atoms with Gasteiger partial charge in [0.25, 0.3) is 0 Å². The maximum absolute atomic E-state index is 11.9.